The van der Waals surface area contributed by atoms with Gasteiger partial charge in [0.25, 0.3) is 5.91 Å². The van der Waals surface area contributed by atoms with Crippen molar-refractivity contribution in [1.29, 1.82) is 0 Å². The Kier molecular flexibility index (Phi) is 6.39. The van der Waals surface area contributed by atoms with Gasteiger partial charge in [-0.1, -0.05) is 11.3 Å². The van der Waals surface area contributed by atoms with E-state index in [0.29, 0.717) is 28.6 Å². The Morgan fingerprint density at radius 1 is 0.968 bits per heavy atom. The molecule has 0 bridgehead atoms. The molecule has 162 valence electrons. The second kappa shape index (κ2) is 9.16. The maximum Gasteiger partial charge on any atom is 0.340 e. The van der Waals surface area contributed by atoms with E-state index < -0.39 is 11.9 Å². The van der Waals surface area contributed by atoms with Crippen LogP contribution in [0.15, 0.2) is 36.4 Å². The van der Waals surface area contributed by atoms with Crippen molar-refractivity contribution >= 4 is 17.6 Å². The van der Waals surface area contributed by atoms with Crippen LogP contribution in [0.4, 0.5) is 5.69 Å². The first-order chi connectivity index (χ1) is 14.9. The predicted octanol–water partition coefficient (Wildman–Crippen LogP) is 2.64. The summed E-state index contributed by atoms with van der Waals surface area (Å²) in [7, 11) is 5.70. The molecule has 10 heteroatoms. The number of carbonyl (C=O) groups is 2. The van der Waals surface area contributed by atoms with Crippen LogP contribution in [-0.4, -0.2) is 55.3 Å². The molecule has 1 N–H and O–H groups in total. The Morgan fingerprint density at radius 2 is 1.68 bits per heavy atom. The Hall–Kier alpha value is -4.08. The highest BCUT2D eigenvalue weighted by molar-refractivity contribution is 6.08. The number of hydrogen-bond acceptors (Lipinski definition) is 8. The summed E-state index contributed by atoms with van der Waals surface area (Å²) >= 11 is 0. The Balaban J connectivity index is 1.96. The minimum Gasteiger partial charge on any atom is -0.497 e. The molecule has 1 heterocycles. The standard InChI is InChI=1S/C21H22N4O6/c1-12-19(23-24-25(12)13-7-6-8-14(9-13)28-2)20(26)22-16-11-18(30-4)17(29-3)10-15(16)21(27)31-5/h6-11H,1-5H3,(H,22,26). The summed E-state index contributed by atoms with van der Waals surface area (Å²) in [5.74, 6) is 0.103. The molecule has 1 amide bonds. The van der Waals surface area contributed by atoms with E-state index in [1.807, 2.05) is 6.07 Å². The number of nitrogens with one attached hydrogen (secondary N) is 1. The predicted molar refractivity (Wildman–Crippen MR) is 111 cm³/mol. The van der Waals surface area contributed by atoms with E-state index in [9.17, 15) is 9.59 Å². The van der Waals surface area contributed by atoms with Crippen LogP contribution in [-0.2, 0) is 4.74 Å². The number of amides is 1. The van der Waals surface area contributed by atoms with Gasteiger partial charge in [0.1, 0.15) is 5.75 Å². The van der Waals surface area contributed by atoms with Gasteiger partial charge in [0.15, 0.2) is 17.2 Å². The lowest BCUT2D eigenvalue weighted by Gasteiger charge is -2.14. The number of aromatic nitrogens is 3. The zero-order chi connectivity index (χ0) is 22.5. The first-order valence-corrected chi connectivity index (χ1v) is 9.15. The molecule has 31 heavy (non-hydrogen) atoms. The van der Waals surface area contributed by atoms with E-state index >= 15 is 0 Å². The maximum atomic E-state index is 12.9. The molecule has 0 atom stereocenters. The van der Waals surface area contributed by atoms with Crippen LogP contribution in [0.1, 0.15) is 26.5 Å². The monoisotopic (exact) mass is 426 g/mol. The van der Waals surface area contributed by atoms with Crippen molar-refractivity contribution in [2.24, 2.45) is 0 Å². The van der Waals surface area contributed by atoms with Crippen LogP contribution in [0.3, 0.4) is 0 Å². The smallest absolute Gasteiger partial charge is 0.340 e. The van der Waals surface area contributed by atoms with Crippen molar-refractivity contribution in [3.05, 3.63) is 53.3 Å². The lowest BCUT2D eigenvalue weighted by Crippen LogP contribution is -2.17. The second-order valence-electron chi connectivity index (χ2n) is 6.34. The van der Waals surface area contributed by atoms with Gasteiger partial charge in [-0.15, -0.1) is 5.10 Å². The molecule has 3 aromatic rings. The van der Waals surface area contributed by atoms with Gasteiger partial charge < -0.3 is 24.3 Å². The molecule has 1 aromatic heterocycles. The average molecular weight is 426 g/mol. The number of benzene rings is 2. The molecule has 0 aliphatic carbocycles. The molecule has 0 unspecified atom stereocenters. The summed E-state index contributed by atoms with van der Waals surface area (Å²) in [6, 6.07) is 10.1. The Morgan fingerprint density at radius 3 is 2.32 bits per heavy atom. The summed E-state index contributed by atoms with van der Waals surface area (Å²) in [5.41, 5.74) is 1.57. The SMILES string of the molecule is COC(=O)c1cc(OC)c(OC)cc1NC(=O)c1nnn(-c2cccc(OC)c2)c1C. The van der Waals surface area contributed by atoms with Crippen molar-refractivity contribution in [3.8, 4) is 22.9 Å². The fourth-order valence-electron chi connectivity index (χ4n) is 2.97. The third kappa shape index (κ3) is 4.27. The summed E-state index contributed by atoms with van der Waals surface area (Å²) < 4.78 is 22.1. The van der Waals surface area contributed by atoms with Crippen molar-refractivity contribution in [2.75, 3.05) is 33.8 Å². The normalized spacial score (nSPS) is 10.4. The lowest BCUT2D eigenvalue weighted by molar-refractivity contribution is 0.0601. The molecule has 0 spiro atoms. The van der Waals surface area contributed by atoms with Crippen LogP contribution in [0.2, 0.25) is 0 Å². The molecular formula is C21H22N4O6. The van der Waals surface area contributed by atoms with Crippen LogP contribution in [0.5, 0.6) is 17.2 Å². The summed E-state index contributed by atoms with van der Waals surface area (Å²) in [6.45, 7) is 1.71. The quantitative estimate of drug-likeness (QED) is 0.574. The highest BCUT2D eigenvalue weighted by Crippen LogP contribution is 2.34. The zero-order valence-electron chi connectivity index (χ0n) is 17.8. The van der Waals surface area contributed by atoms with E-state index in [4.69, 9.17) is 18.9 Å². The second-order valence-corrected chi connectivity index (χ2v) is 6.34. The molecular weight excluding hydrogens is 404 g/mol. The van der Waals surface area contributed by atoms with Crippen LogP contribution < -0.4 is 19.5 Å². The number of nitrogens with zero attached hydrogens (tertiary/aromatic N) is 3. The van der Waals surface area contributed by atoms with E-state index in [1.54, 1.807) is 32.2 Å². The van der Waals surface area contributed by atoms with Gasteiger partial charge in [0.2, 0.25) is 0 Å². The lowest BCUT2D eigenvalue weighted by atomic mass is 10.1. The minimum absolute atomic E-state index is 0.0911. The third-order valence-corrected chi connectivity index (χ3v) is 4.58. The number of esters is 1. The van der Waals surface area contributed by atoms with Gasteiger partial charge in [-0.25, -0.2) is 9.48 Å². The van der Waals surface area contributed by atoms with Crippen molar-refractivity contribution in [3.63, 3.8) is 0 Å². The highest BCUT2D eigenvalue weighted by Gasteiger charge is 2.23. The van der Waals surface area contributed by atoms with E-state index in [0.717, 1.165) is 0 Å². The minimum atomic E-state index is -0.645. The number of methoxy groups -OCH3 is 4. The molecule has 10 nitrogen and oxygen atoms in total. The number of carbonyl (C=O) groups excluding carboxylic acids is 2. The fourth-order valence-corrected chi connectivity index (χ4v) is 2.97. The van der Waals surface area contributed by atoms with Gasteiger partial charge in [0.05, 0.1) is 51.1 Å². The summed E-state index contributed by atoms with van der Waals surface area (Å²) in [5, 5.41) is 10.8. The molecule has 0 aliphatic heterocycles. The van der Waals surface area contributed by atoms with Crippen molar-refractivity contribution < 1.29 is 28.5 Å². The van der Waals surface area contributed by atoms with Crippen molar-refractivity contribution in [2.45, 2.75) is 6.92 Å². The molecule has 0 saturated heterocycles. The van der Waals surface area contributed by atoms with E-state index in [-0.39, 0.29) is 16.9 Å². The topological polar surface area (TPSA) is 114 Å². The number of ether oxygens (including phenoxy) is 4. The Labute approximate surface area is 178 Å². The molecule has 0 saturated carbocycles. The van der Waals surface area contributed by atoms with Gasteiger partial charge >= 0.3 is 5.97 Å². The van der Waals surface area contributed by atoms with Gasteiger partial charge in [-0.2, -0.15) is 0 Å². The first kappa shape index (κ1) is 21.6. The number of hydrogen-bond donors (Lipinski definition) is 1. The van der Waals surface area contributed by atoms with Crippen molar-refractivity contribution in [1.82, 2.24) is 15.0 Å². The fraction of sp³-hybridized carbons (Fsp3) is 0.238. The number of anilines is 1. The summed E-state index contributed by atoms with van der Waals surface area (Å²) in [6.07, 6.45) is 0. The summed E-state index contributed by atoms with van der Waals surface area (Å²) in [4.78, 5) is 25.2. The molecule has 0 aliphatic rings. The third-order valence-electron chi connectivity index (χ3n) is 4.58. The maximum absolute atomic E-state index is 12.9. The van der Waals surface area contributed by atoms with Gasteiger partial charge in [-0.3, -0.25) is 4.79 Å². The largest absolute Gasteiger partial charge is 0.497 e. The Bertz CT molecular complexity index is 1130. The first-order valence-electron chi connectivity index (χ1n) is 9.15. The molecule has 2 aromatic carbocycles. The van der Waals surface area contributed by atoms with Gasteiger partial charge in [-0.05, 0) is 19.1 Å². The number of rotatable bonds is 7. The zero-order valence-corrected chi connectivity index (χ0v) is 17.8. The van der Waals surface area contributed by atoms with Crippen LogP contribution in [0, 0.1) is 6.92 Å². The highest BCUT2D eigenvalue weighted by atomic mass is 16.5. The van der Waals surface area contributed by atoms with E-state index in [2.05, 4.69) is 15.6 Å². The molecule has 3 rings (SSSR count). The molecule has 0 fully saturated rings. The van der Waals surface area contributed by atoms with Crippen LogP contribution in [0.25, 0.3) is 5.69 Å². The van der Waals surface area contributed by atoms with E-state index in [1.165, 1.54) is 38.1 Å². The van der Waals surface area contributed by atoms with Crippen LogP contribution >= 0.6 is 0 Å². The molecule has 0 radical (unpaired) electrons. The van der Waals surface area contributed by atoms with Gasteiger partial charge in [0, 0.05) is 18.2 Å². The average Bonchev–Trinajstić information content (AvgIpc) is 3.19.